The monoisotopic (exact) mass is 499 g/mol. The van der Waals surface area contributed by atoms with Crippen molar-refractivity contribution >= 4 is 16.9 Å². The second-order valence-corrected chi connectivity index (χ2v) is 8.96. The van der Waals surface area contributed by atoms with Gasteiger partial charge in [0.05, 0.1) is 20.3 Å². The van der Waals surface area contributed by atoms with Gasteiger partial charge in [0, 0.05) is 11.9 Å². The number of carbonyl (C=O) groups excluding carboxylic acids is 1. The summed E-state index contributed by atoms with van der Waals surface area (Å²) >= 11 is 0. The van der Waals surface area contributed by atoms with E-state index in [1.165, 1.54) is 5.56 Å². The number of rotatable bonds is 7. The lowest BCUT2D eigenvalue weighted by Gasteiger charge is -2.37. The average Bonchev–Trinajstić information content (AvgIpc) is 2.94. The van der Waals surface area contributed by atoms with Crippen LogP contribution in [0.3, 0.4) is 0 Å². The molecular formula is C30H29NO6. The van der Waals surface area contributed by atoms with Crippen LogP contribution in [-0.2, 0) is 12.8 Å². The van der Waals surface area contributed by atoms with Gasteiger partial charge in [-0.15, -0.1) is 0 Å². The van der Waals surface area contributed by atoms with E-state index in [-0.39, 0.29) is 12.2 Å². The van der Waals surface area contributed by atoms with E-state index in [9.17, 15) is 9.59 Å². The summed E-state index contributed by atoms with van der Waals surface area (Å²) in [4.78, 5) is 28.3. The lowest BCUT2D eigenvalue weighted by atomic mass is 9.91. The first kappa shape index (κ1) is 24.4. The van der Waals surface area contributed by atoms with E-state index in [0.29, 0.717) is 41.2 Å². The van der Waals surface area contributed by atoms with E-state index < -0.39 is 17.6 Å². The summed E-state index contributed by atoms with van der Waals surface area (Å²) in [6, 6.07) is 20.1. The van der Waals surface area contributed by atoms with Crippen molar-refractivity contribution in [2.24, 2.45) is 0 Å². The maximum Gasteiger partial charge on any atom is 0.349 e. The van der Waals surface area contributed by atoms with Gasteiger partial charge in [-0.25, -0.2) is 4.79 Å². The SMILES string of the molecule is CCc1ccc(OC[C@@H]2c3cc(OC)c(OC)cc3CCN2C(=O)c2cc3ccccc3oc2=O)cc1. The second kappa shape index (κ2) is 10.4. The topological polar surface area (TPSA) is 78.2 Å². The Hall–Kier alpha value is -4.26. The molecule has 1 aliphatic heterocycles. The Morgan fingerprint density at radius 2 is 1.73 bits per heavy atom. The molecule has 37 heavy (non-hydrogen) atoms. The highest BCUT2D eigenvalue weighted by molar-refractivity contribution is 5.97. The third kappa shape index (κ3) is 4.77. The molecule has 0 bridgehead atoms. The van der Waals surface area contributed by atoms with Crippen LogP contribution in [0.5, 0.6) is 17.2 Å². The van der Waals surface area contributed by atoms with Gasteiger partial charge in [-0.2, -0.15) is 0 Å². The number of amides is 1. The Morgan fingerprint density at radius 1 is 1.00 bits per heavy atom. The summed E-state index contributed by atoms with van der Waals surface area (Å²) in [6.45, 7) is 2.72. The lowest BCUT2D eigenvalue weighted by Crippen LogP contribution is -2.44. The average molecular weight is 500 g/mol. The summed E-state index contributed by atoms with van der Waals surface area (Å²) in [5.41, 5.74) is 2.94. The maximum atomic E-state index is 13.8. The molecule has 0 unspecified atom stereocenters. The quantitative estimate of drug-likeness (QED) is 0.326. The van der Waals surface area contributed by atoms with E-state index in [1.54, 1.807) is 37.3 Å². The molecule has 4 aromatic rings. The summed E-state index contributed by atoms with van der Waals surface area (Å²) < 4.78 is 22.7. The van der Waals surface area contributed by atoms with Crippen molar-refractivity contribution in [1.29, 1.82) is 0 Å². The van der Waals surface area contributed by atoms with Gasteiger partial charge >= 0.3 is 5.63 Å². The Kier molecular flexibility index (Phi) is 6.86. The molecule has 190 valence electrons. The number of fused-ring (bicyclic) bond motifs is 2. The van der Waals surface area contributed by atoms with Crippen LogP contribution in [0, 0.1) is 0 Å². The van der Waals surface area contributed by atoms with Gasteiger partial charge in [-0.3, -0.25) is 4.79 Å². The van der Waals surface area contributed by atoms with Crippen LogP contribution in [0.15, 0.2) is 75.9 Å². The molecule has 7 heteroatoms. The highest BCUT2D eigenvalue weighted by Gasteiger charge is 2.34. The van der Waals surface area contributed by atoms with Gasteiger partial charge in [-0.05, 0) is 65.9 Å². The van der Waals surface area contributed by atoms with E-state index in [0.717, 1.165) is 17.5 Å². The molecule has 0 radical (unpaired) electrons. The van der Waals surface area contributed by atoms with Crippen molar-refractivity contribution in [2.75, 3.05) is 27.4 Å². The van der Waals surface area contributed by atoms with E-state index in [2.05, 4.69) is 6.92 Å². The van der Waals surface area contributed by atoms with Crippen LogP contribution < -0.4 is 19.8 Å². The molecule has 0 aliphatic carbocycles. The molecule has 1 amide bonds. The fourth-order valence-electron chi connectivity index (χ4n) is 4.81. The lowest BCUT2D eigenvalue weighted by molar-refractivity contribution is 0.0585. The first-order valence-corrected chi connectivity index (χ1v) is 12.3. The summed E-state index contributed by atoms with van der Waals surface area (Å²) in [6.07, 6.45) is 1.54. The third-order valence-electron chi connectivity index (χ3n) is 6.87. The highest BCUT2D eigenvalue weighted by atomic mass is 16.5. The van der Waals surface area contributed by atoms with Gasteiger partial charge in [0.1, 0.15) is 23.5 Å². The van der Waals surface area contributed by atoms with E-state index >= 15 is 0 Å². The molecule has 0 saturated heterocycles. The molecule has 0 N–H and O–H groups in total. The Balaban J connectivity index is 1.53. The fraction of sp³-hybridized carbons (Fsp3) is 0.267. The minimum atomic E-state index is -0.656. The zero-order valence-electron chi connectivity index (χ0n) is 21.2. The predicted molar refractivity (Wildman–Crippen MR) is 141 cm³/mol. The fourth-order valence-corrected chi connectivity index (χ4v) is 4.81. The summed E-state index contributed by atoms with van der Waals surface area (Å²) in [7, 11) is 3.18. The van der Waals surface area contributed by atoms with E-state index in [4.69, 9.17) is 18.6 Å². The number of ether oxygens (including phenoxy) is 3. The number of nitrogens with zero attached hydrogens (tertiary/aromatic N) is 1. The van der Waals surface area contributed by atoms with Crippen molar-refractivity contribution in [3.8, 4) is 17.2 Å². The Bertz CT molecular complexity index is 1490. The normalized spacial score (nSPS) is 14.8. The van der Waals surface area contributed by atoms with Crippen LogP contribution in [0.1, 0.15) is 40.0 Å². The van der Waals surface area contributed by atoms with Crippen molar-refractivity contribution in [3.63, 3.8) is 0 Å². The molecule has 2 heterocycles. The minimum absolute atomic E-state index is 0.0000691. The Morgan fingerprint density at radius 3 is 2.46 bits per heavy atom. The number of hydrogen-bond acceptors (Lipinski definition) is 6. The molecule has 3 aromatic carbocycles. The van der Waals surface area contributed by atoms with Gasteiger partial charge in [0.25, 0.3) is 5.91 Å². The number of hydrogen-bond donors (Lipinski definition) is 0. The summed E-state index contributed by atoms with van der Waals surface area (Å²) in [5.74, 6) is 1.52. The Labute approximate surface area is 215 Å². The molecule has 0 saturated carbocycles. The zero-order valence-corrected chi connectivity index (χ0v) is 21.2. The van der Waals surface area contributed by atoms with Crippen LogP contribution in [0.4, 0.5) is 0 Å². The van der Waals surface area contributed by atoms with Crippen LogP contribution in [0.25, 0.3) is 11.0 Å². The van der Waals surface area contributed by atoms with Gasteiger partial charge in [0.2, 0.25) is 0 Å². The molecule has 7 nitrogen and oxygen atoms in total. The van der Waals surface area contributed by atoms with Crippen molar-refractivity contribution in [1.82, 2.24) is 4.90 Å². The third-order valence-corrected chi connectivity index (χ3v) is 6.87. The number of methoxy groups -OCH3 is 2. The minimum Gasteiger partial charge on any atom is -0.493 e. The van der Waals surface area contributed by atoms with Crippen molar-refractivity contribution < 1.29 is 23.4 Å². The first-order valence-electron chi connectivity index (χ1n) is 12.3. The molecule has 0 spiro atoms. The molecule has 1 aliphatic rings. The predicted octanol–water partition coefficient (Wildman–Crippen LogP) is 5.19. The molecular weight excluding hydrogens is 470 g/mol. The molecule has 1 aromatic heterocycles. The highest BCUT2D eigenvalue weighted by Crippen LogP contribution is 2.39. The van der Waals surface area contributed by atoms with Crippen molar-refractivity contribution in [3.05, 3.63) is 99.4 Å². The molecule has 0 fully saturated rings. The van der Waals surface area contributed by atoms with Gasteiger partial charge in [0.15, 0.2) is 11.5 Å². The van der Waals surface area contributed by atoms with Crippen molar-refractivity contribution in [2.45, 2.75) is 25.8 Å². The zero-order chi connectivity index (χ0) is 25.9. The van der Waals surface area contributed by atoms with Crippen LogP contribution in [-0.4, -0.2) is 38.2 Å². The largest absolute Gasteiger partial charge is 0.493 e. The number of carbonyl (C=O) groups is 1. The smallest absolute Gasteiger partial charge is 0.349 e. The number of para-hydroxylation sites is 1. The van der Waals surface area contributed by atoms with Gasteiger partial charge in [-0.1, -0.05) is 37.3 Å². The number of benzene rings is 3. The first-order chi connectivity index (χ1) is 18.0. The second-order valence-electron chi connectivity index (χ2n) is 8.96. The molecule has 5 rings (SSSR count). The summed E-state index contributed by atoms with van der Waals surface area (Å²) in [5, 5.41) is 0.693. The number of aryl methyl sites for hydroxylation is 1. The molecule has 1 atom stereocenters. The maximum absolute atomic E-state index is 13.8. The van der Waals surface area contributed by atoms with Crippen LogP contribution in [0.2, 0.25) is 0 Å². The van der Waals surface area contributed by atoms with Gasteiger partial charge < -0.3 is 23.5 Å². The van der Waals surface area contributed by atoms with Crippen LogP contribution >= 0.6 is 0 Å². The standard InChI is InChI=1S/C30H29NO6/c1-4-19-9-11-22(12-10-19)36-18-25-23-17-28(35-3)27(34-2)16-20(23)13-14-31(25)29(32)24-15-21-7-5-6-8-26(21)37-30(24)33/h5-12,15-17,25H,4,13-14,18H2,1-3H3/t25-/m1/s1. The van der Waals surface area contributed by atoms with E-state index in [1.807, 2.05) is 48.5 Å².